The van der Waals surface area contributed by atoms with Crippen molar-refractivity contribution in [2.45, 2.75) is 26.8 Å². The molecule has 1 atom stereocenters. The van der Waals surface area contributed by atoms with Crippen LogP contribution in [0.1, 0.15) is 36.6 Å². The molecule has 146 valence electrons. The van der Waals surface area contributed by atoms with E-state index in [9.17, 15) is 4.79 Å². The number of amides is 2. The lowest BCUT2D eigenvalue weighted by atomic mass is 9.99. The van der Waals surface area contributed by atoms with Crippen LogP contribution in [0, 0.1) is 6.92 Å². The second-order valence-corrected chi connectivity index (χ2v) is 7.03. The zero-order valence-corrected chi connectivity index (χ0v) is 17.1. The molecular weight excluding hydrogens is 348 g/mol. The van der Waals surface area contributed by atoms with E-state index in [0.717, 1.165) is 33.7 Å². The van der Waals surface area contributed by atoms with Gasteiger partial charge in [0.15, 0.2) is 0 Å². The molecule has 0 aliphatic carbocycles. The molecule has 2 amide bonds. The summed E-state index contributed by atoms with van der Waals surface area (Å²) in [5.41, 5.74) is 5.40. The highest BCUT2D eigenvalue weighted by atomic mass is 16.5. The maximum Gasteiger partial charge on any atom is 0.325 e. The fourth-order valence-corrected chi connectivity index (χ4v) is 3.76. The first-order valence-electron chi connectivity index (χ1n) is 9.62. The number of nitrogens with zero attached hydrogens (tertiary/aromatic N) is 2. The molecule has 3 rings (SSSR count). The van der Waals surface area contributed by atoms with Gasteiger partial charge in [-0.3, -0.25) is 4.90 Å². The molecule has 1 aliphatic heterocycles. The van der Waals surface area contributed by atoms with Gasteiger partial charge in [0, 0.05) is 18.8 Å². The third-order valence-corrected chi connectivity index (χ3v) is 5.45. The van der Waals surface area contributed by atoms with Crippen molar-refractivity contribution in [3.05, 3.63) is 77.9 Å². The number of urea groups is 1. The van der Waals surface area contributed by atoms with Crippen molar-refractivity contribution < 1.29 is 9.53 Å². The molecule has 2 aromatic carbocycles. The molecule has 2 aromatic rings. The number of hydrogen-bond donors (Lipinski definition) is 0. The van der Waals surface area contributed by atoms with Crippen molar-refractivity contribution in [1.82, 2.24) is 4.90 Å². The highest BCUT2D eigenvalue weighted by molar-refractivity contribution is 5.95. The predicted octanol–water partition coefficient (Wildman–Crippen LogP) is 5.60. The molecule has 0 aromatic heterocycles. The van der Waals surface area contributed by atoms with Gasteiger partial charge in [-0.1, -0.05) is 36.9 Å². The molecule has 0 spiro atoms. The van der Waals surface area contributed by atoms with Crippen LogP contribution < -0.4 is 9.64 Å². The van der Waals surface area contributed by atoms with Crippen LogP contribution in [0.25, 0.3) is 5.57 Å². The zero-order chi connectivity index (χ0) is 20.3. The molecule has 4 heteroatoms. The van der Waals surface area contributed by atoms with E-state index in [-0.39, 0.29) is 12.1 Å². The normalized spacial score (nSPS) is 15.7. The van der Waals surface area contributed by atoms with Crippen LogP contribution in [0.2, 0.25) is 0 Å². The Labute approximate surface area is 167 Å². The molecule has 1 aliphatic rings. The molecule has 0 bridgehead atoms. The van der Waals surface area contributed by atoms with E-state index in [2.05, 4.69) is 32.6 Å². The van der Waals surface area contributed by atoms with Gasteiger partial charge in [0.05, 0.1) is 13.2 Å². The first-order chi connectivity index (χ1) is 13.5. The Morgan fingerprint density at radius 1 is 1.21 bits per heavy atom. The summed E-state index contributed by atoms with van der Waals surface area (Å²) in [5.74, 6) is 0.807. The third-order valence-electron chi connectivity index (χ3n) is 5.45. The number of benzene rings is 2. The number of carbonyl (C=O) groups is 1. The fraction of sp³-hybridized carbons (Fsp3) is 0.292. The van der Waals surface area contributed by atoms with E-state index in [4.69, 9.17) is 4.74 Å². The van der Waals surface area contributed by atoms with Gasteiger partial charge in [-0.05, 0) is 67.3 Å². The smallest absolute Gasteiger partial charge is 0.325 e. The van der Waals surface area contributed by atoms with Crippen LogP contribution in [0.4, 0.5) is 10.5 Å². The number of ether oxygens (including phenoxy) is 1. The summed E-state index contributed by atoms with van der Waals surface area (Å²) in [4.78, 5) is 16.9. The maximum atomic E-state index is 13.1. The Morgan fingerprint density at radius 2 is 2.00 bits per heavy atom. The molecule has 1 unspecified atom stereocenters. The van der Waals surface area contributed by atoms with E-state index in [0.29, 0.717) is 13.1 Å². The standard InChI is InChI=1S/C24H28N2O2/c1-6-19(7-2)23-12-11-21(15-17(23)3)26-14-13-25(24(26)27)18(4)20-9-8-10-22(16-20)28-5/h6-12,15-16,18H,1,13-14H2,2-5H3/b19-7+. The SMILES string of the molecule is C=C/C(=C\C)c1ccc(N2CCN(C(C)c3cccc(OC)c3)C2=O)cc1C. The van der Waals surface area contributed by atoms with E-state index < -0.39 is 0 Å². The van der Waals surface area contributed by atoms with E-state index in [1.54, 1.807) is 7.11 Å². The van der Waals surface area contributed by atoms with Crippen molar-refractivity contribution in [2.75, 3.05) is 25.1 Å². The van der Waals surface area contributed by atoms with Gasteiger partial charge in [-0.25, -0.2) is 4.79 Å². The molecule has 1 heterocycles. The first-order valence-corrected chi connectivity index (χ1v) is 9.62. The summed E-state index contributed by atoms with van der Waals surface area (Å²) >= 11 is 0. The lowest BCUT2D eigenvalue weighted by molar-refractivity contribution is 0.205. The Kier molecular flexibility index (Phi) is 5.88. The summed E-state index contributed by atoms with van der Waals surface area (Å²) < 4.78 is 5.32. The van der Waals surface area contributed by atoms with Gasteiger partial charge in [-0.15, -0.1) is 0 Å². The van der Waals surface area contributed by atoms with Gasteiger partial charge in [0.1, 0.15) is 5.75 Å². The Hall–Kier alpha value is -3.01. The molecule has 1 fully saturated rings. The lowest BCUT2D eigenvalue weighted by Gasteiger charge is -2.25. The van der Waals surface area contributed by atoms with Crippen molar-refractivity contribution in [3.8, 4) is 5.75 Å². The zero-order valence-electron chi connectivity index (χ0n) is 17.1. The van der Waals surface area contributed by atoms with Gasteiger partial charge in [0.2, 0.25) is 0 Å². The average Bonchev–Trinajstić information content (AvgIpc) is 3.10. The number of carbonyl (C=O) groups excluding carboxylic acids is 1. The van der Waals surface area contributed by atoms with Crippen molar-refractivity contribution in [3.63, 3.8) is 0 Å². The van der Waals surface area contributed by atoms with Crippen LogP contribution in [0.3, 0.4) is 0 Å². The first kappa shape index (κ1) is 19.7. The van der Waals surface area contributed by atoms with Crippen LogP contribution in [-0.2, 0) is 0 Å². The summed E-state index contributed by atoms with van der Waals surface area (Å²) in [6.45, 7) is 11.4. The molecule has 1 saturated heterocycles. The van der Waals surface area contributed by atoms with E-state index in [1.165, 1.54) is 0 Å². The monoisotopic (exact) mass is 376 g/mol. The number of aryl methyl sites for hydroxylation is 1. The summed E-state index contributed by atoms with van der Waals surface area (Å²) in [6.07, 6.45) is 3.91. The van der Waals surface area contributed by atoms with Gasteiger partial charge in [0.25, 0.3) is 0 Å². The summed E-state index contributed by atoms with van der Waals surface area (Å²) in [7, 11) is 1.66. The minimum atomic E-state index is -0.0108. The molecule has 0 saturated carbocycles. The fourth-order valence-electron chi connectivity index (χ4n) is 3.76. The van der Waals surface area contributed by atoms with E-state index >= 15 is 0 Å². The van der Waals surface area contributed by atoms with Crippen LogP contribution in [0.15, 0.2) is 61.2 Å². The Balaban J connectivity index is 1.82. The second kappa shape index (κ2) is 8.34. The number of allylic oxidation sites excluding steroid dienone is 3. The van der Waals surface area contributed by atoms with Gasteiger partial charge in [-0.2, -0.15) is 0 Å². The number of anilines is 1. The Morgan fingerprint density at radius 3 is 2.64 bits per heavy atom. The number of methoxy groups -OCH3 is 1. The molecule has 0 N–H and O–H groups in total. The second-order valence-electron chi connectivity index (χ2n) is 7.03. The highest BCUT2D eigenvalue weighted by Crippen LogP contribution is 2.31. The van der Waals surface area contributed by atoms with Crippen molar-refractivity contribution in [2.24, 2.45) is 0 Å². The molecule has 4 nitrogen and oxygen atoms in total. The minimum absolute atomic E-state index is 0.0108. The van der Waals surface area contributed by atoms with E-state index in [1.807, 2.05) is 59.2 Å². The summed E-state index contributed by atoms with van der Waals surface area (Å²) in [6, 6.07) is 14.1. The average molecular weight is 377 g/mol. The van der Waals surface area contributed by atoms with Crippen molar-refractivity contribution >= 4 is 17.3 Å². The third kappa shape index (κ3) is 3.68. The van der Waals surface area contributed by atoms with Gasteiger partial charge < -0.3 is 9.64 Å². The molecule has 0 radical (unpaired) electrons. The van der Waals surface area contributed by atoms with Crippen LogP contribution >= 0.6 is 0 Å². The maximum absolute atomic E-state index is 13.1. The highest BCUT2D eigenvalue weighted by Gasteiger charge is 2.33. The lowest BCUT2D eigenvalue weighted by Crippen LogP contribution is -2.33. The molecule has 28 heavy (non-hydrogen) atoms. The quantitative estimate of drug-likeness (QED) is 0.615. The van der Waals surface area contributed by atoms with Gasteiger partial charge >= 0.3 is 6.03 Å². The Bertz CT molecular complexity index is 917. The minimum Gasteiger partial charge on any atom is -0.497 e. The van der Waals surface area contributed by atoms with Crippen LogP contribution in [0.5, 0.6) is 5.75 Å². The number of hydrogen-bond acceptors (Lipinski definition) is 2. The largest absolute Gasteiger partial charge is 0.497 e. The topological polar surface area (TPSA) is 32.8 Å². The molecular formula is C24H28N2O2. The number of rotatable bonds is 6. The van der Waals surface area contributed by atoms with Crippen LogP contribution in [-0.4, -0.2) is 31.1 Å². The summed E-state index contributed by atoms with van der Waals surface area (Å²) in [5, 5.41) is 0. The predicted molar refractivity (Wildman–Crippen MR) is 116 cm³/mol. The van der Waals surface area contributed by atoms with Crippen molar-refractivity contribution in [1.29, 1.82) is 0 Å².